The summed E-state index contributed by atoms with van der Waals surface area (Å²) in [5.74, 6) is -11.7. The molecule has 0 saturated heterocycles. The largest absolute Gasteiger partial charge is 0.507 e. The number of ketones is 4. The lowest BCUT2D eigenvalue weighted by Crippen LogP contribution is -2.74. The van der Waals surface area contributed by atoms with Crippen LogP contribution in [0.5, 0.6) is 5.75 Å². The molecular formula is C22H25N3O9S. The molecule has 6 atom stereocenters. The molecule has 0 radical (unpaired) electrons. The van der Waals surface area contributed by atoms with Gasteiger partial charge in [0, 0.05) is 5.92 Å². The lowest BCUT2D eigenvalue weighted by Gasteiger charge is -2.52. The van der Waals surface area contributed by atoms with Crippen molar-refractivity contribution in [2.75, 3.05) is 25.1 Å². The quantitative estimate of drug-likeness (QED) is 0.267. The fourth-order valence-corrected chi connectivity index (χ4v) is 6.49. The minimum absolute atomic E-state index is 0.0436. The second-order valence-corrected chi connectivity index (χ2v) is 11.4. The number of phenolic OH excluding ortho intramolecular Hbond substituents is 1. The molecule has 4 rings (SSSR count). The Labute approximate surface area is 200 Å². The van der Waals surface area contributed by atoms with E-state index in [2.05, 4.69) is 4.72 Å². The predicted molar refractivity (Wildman–Crippen MR) is 120 cm³/mol. The van der Waals surface area contributed by atoms with Crippen molar-refractivity contribution in [3.8, 4) is 5.75 Å². The Morgan fingerprint density at radius 1 is 1.17 bits per heavy atom. The van der Waals surface area contributed by atoms with Gasteiger partial charge in [0.25, 0.3) is 0 Å². The van der Waals surface area contributed by atoms with Gasteiger partial charge in [-0.25, -0.2) is 8.42 Å². The summed E-state index contributed by atoms with van der Waals surface area (Å²) in [6.07, 6.45) is 0.746. The lowest BCUT2D eigenvalue weighted by molar-refractivity contribution is -0.181. The van der Waals surface area contributed by atoms with Crippen molar-refractivity contribution in [2.45, 2.75) is 24.5 Å². The molecule has 5 N–H and O–H groups in total. The van der Waals surface area contributed by atoms with Crippen molar-refractivity contribution in [1.29, 1.82) is 0 Å². The third-order valence-corrected chi connectivity index (χ3v) is 7.83. The number of nitrogens with two attached hydrogens (primary N) is 1. The zero-order valence-corrected chi connectivity index (χ0v) is 20.0. The minimum atomic E-state index is -3.75. The van der Waals surface area contributed by atoms with Crippen molar-refractivity contribution in [3.63, 3.8) is 0 Å². The number of primary amides is 1. The zero-order valence-electron chi connectivity index (χ0n) is 19.1. The third-order valence-electron chi connectivity index (χ3n) is 7.24. The second kappa shape index (κ2) is 7.93. The van der Waals surface area contributed by atoms with E-state index in [1.54, 1.807) is 0 Å². The van der Waals surface area contributed by atoms with Crippen LogP contribution in [0.25, 0.3) is 0 Å². The van der Waals surface area contributed by atoms with Crippen LogP contribution in [-0.4, -0.2) is 84.6 Å². The van der Waals surface area contributed by atoms with Crippen LogP contribution in [-0.2, 0) is 35.6 Å². The highest BCUT2D eigenvalue weighted by Crippen LogP contribution is 2.51. The van der Waals surface area contributed by atoms with Crippen LogP contribution in [0.4, 0.5) is 5.69 Å². The first-order valence-corrected chi connectivity index (χ1v) is 12.7. The van der Waals surface area contributed by atoms with Crippen molar-refractivity contribution >= 4 is 44.8 Å². The van der Waals surface area contributed by atoms with E-state index in [1.165, 1.54) is 25.1 Å². The first-order valence-electron chi connectivity index (χ1n) is 10.8. The molecular weight excluding hydrogens is 482 g/mol. The van der Waals surface area contributed by atoms with Crippen LogP contribution >= 0.6 is 0 Å². The van der Waals surface area contributed by atoms with Gasteiger partial charge in [-0.2, -0.15) is 0 Å². The highest BCUT2D eigenvalue weighted by molar-refractivity contribution is 7.92. The predicted octanol–water partition coefficient (Wildman–Crippen LogP) is -1.76. The number of rotatable bonds is 4. The molecule has 0 heterocycles. The van der Waals surface area contributed by atoms with Gasteiger partial charge in [-0.1, -0.05) is 0 Å². The third kappa shape index (κ3) is 3.56. The molecule has 12 nitrogen and oxygen atoms in total. The van der Waals surface area contributed by atoms with Gasteiger partial charge in [0.15, 0.2) is 34.7 Å². The number of Topliss-reactive ketones (excluding diaryl/α,β-unsaturated/α-hetero) is 4. The van der Waals surface area contributed by atoms with E-state index >= 15 is 0 Å². The summed E-state index contributed by atoms with van der Waals surface area (Å²) < 4.78 is 26.0. The van der Waals surface area contributed by atoms with E-state index in [4.69, 9.17) is 5.73 Å². The maximum atomic E-state index is 13.6. The fraction of sp³-hybridized carbons (Fsp3) is 0.500. The number of hydrogen-bond acceptors (Lipinski definition) is 10. The Hall–Kier alpha value is -3.16. The van der Waals surface area contributed by atoms with Gasteiger partial charge in [0.1, 0.15) is 5.75 Å². The molecule has 0 aliphatic heterocycles. The Bertz CT molecular complexity index is 1310. The second-order valence-electron chi connectivity index (χ2n) is 9.65. The van der Waals surface area contributed by atoms with E-state index in [0.717, 1.165) is 12.3 Å². The van der Waals surface area contributed by atoms with Crippen molar-refractivity contribution in [1.82, 2.24) is 4.90 Å². The molecule has 0 bridgehead atoms. The molecule has 3 aliphatic carbocycles. The van der Waals surface area contributed by atoms with E-state index in [-0.39, 0.29) is 29.7 Å². The van der Waals surface area contributed by atoms with E-state index in [0.29, 0.717) is 0 Å². The number of nitrogens with one attached hydrogen (secondary N) is 1. The van der Waals surface area contributed by atoms with Gasteiger partial charge in [-0.05, 0) is 50.6 Å². The van der Waals surface area contributed by atoms with Crippen molar-refractivity contribution in [2.24, 2.45) is 29.4 Å². The minimum Gasteiger partial charge on any atom is -0.507 e. The molecule has 1 amide bonds. The number of nitrogens with zero attached hydrogens (tertiary/aromatic N) is 1. The van der Waals surface area contributed by atoms with Gasteiger partial charge in [0.2, 0.25) is 15.9 Å². The van der Waals surface area contributed by atoms with E-state index < -0.39 is 80.1 Å². The number of amides is 1. The SMILES string of the molecule is CN(C)C1C(=O)C(C(N)=O)C(=O)[C@@]2(O)C(=O)C3C(=O)c4c(O)ccc(NS(C)(=O)=O)c4C[C@H]3C[C@@H]12. The summed E-state index contributed by atoms with van der Waals surface area (Å²) in [6, 6.07) is 1.18. The Kier molecular flexibility index (Phi) is 5.65. The molecule has 13 heteroatoms. The standard InChI is InChI=1S/C22H25N3O9S/c1-25(2)16-10-7-8-6-9-11(24-35(3,33)34)4-5-12(26)14(9)17(27)13(8)19(29)22(10,32)20(30)15(18(16)28)21(23)31/h4-5,8,10,13,15-16,24,26,32H,6-7H2,1-3H3,(H2,23,31)/t8-,10-,13?,15?,16?,22-/m0/s1. The number of fused-ring (bicyclic) bond motifs is 3. The van der Waals surface area contributed by atoms with Gasteiger partial charge < -0.3 is 15.9 Å². The molecule has 2 fully saturated rings. The van der Waals surface area contributed by atoms with E-state index in [1.807, 2.05) is 0 Å². The molecule has 3 aliphatic rings. The van der Waals surface area contributed by atoms with Gasteiger partial charge >= 0.3 is 0 Å². The number of aliphatic hydroxyl groups is 1. The zero-order chi connectivity index (χ0) is 26.2. The van der Waals surface area contributed by atoms with E-state index in [9.17, 15) is 42.6 Å². The summed E-state index contributed by atoms with van der Waals surface area (Å²) in [5.41, 5.74) is 2.39. The number of aromatic hydroxyl groups is 1. The summed E-state index contributed by atoms with van der Waals surface area (Å²) in [6.45, 7) is 0. The van der Waals surface area contributed by atoms with Crippen LogP contribution in [0.2, 0.25) is 0 Å². The molecule has 188 valence electrons. The fourth-order valence-electron chi connectivity index (χ4n) is 5.90. The maximum absolute atomic E-state index is 13.6. The van der Waals surface area contributed by atoms with Crippen LogP contribution in [0, 0.1) is 23.7 Å². The number of carbonyl (C=O) groups excluding carboxylic acids is 5. The highest BCUT2D eigenvalue weighted by atomic mass is 32.2. The van der Waals surface area contributed by atoms with Crippen LogP contribution < -0.4 is 10.5 Å². The summed E-state index contributed by atoms with van der Waals surface area (Å²) in [5, 5.41) is 21.9. The summed E-state index contributed by atoms with van der Waals surface area (Å²) in [4.78, 5) is 66.7. The van der Waals surface area contributed by atoms with Gasteiger partial charge in [-0.15, -0.1) is 0 Å². The molecule has 1 aromatic rings. The van der Waals surface area contributed by atoms with Crippen molar-refractivity contribution in [3.05, 3.63) is 23.3 Å². The smallest absolute Gasteiger partial charge is 0.235 e. The first-order chi connectivity index (χ1) is 16.1. The number of phenols is 1. The number of benzene rings is 1. The van der Waals surface area contributed by atoms with Crippen LogP contribution in [0.3, 0.4) is 0 Å². The van der Waals surface area contributed by atoms with Crippen LogP contribution in [0.1, 0.15) is 22.3 Å². The summed E-state index contributed by atoms with van der Waals surface area (Å²) >= 11 is 0. The molecule has 0 spiro atoms. The average molecular weight is 508 g/mol. The lowest BCUT2D eigenvalue weighted by atomic mass is 9.52. The number of anilines is 1. The monoisotopic (exact) mass is 507 g/mol. The molecule has 35 heavy (non-hydrogen) atoms. The number of sulfonamides is 1. The molecule has 1 aromatic carbocycles. The highest BCUT2D eigenvalue weighted by Gasteiger charge is 2.69. The van der Waals surface area contributed by atoms with Gasteiger partial charge in [0.05, 0.1) is 29.5 Å². The van der Waals surface area contributed by atoms with Crippen LogP contribution in [0.15, 0.2) is 12.1 Å². The average Bonchev–Trinajstić information content (AvgIpc) is 2.71. The summed E-state index contributed by atoms with van der Waals surface area (Å²) in [7, 11) is -0.774. The number of hydrogen-bond donors (Lipinski definition) is 4. The first kappa shape index (κ1) is 24.9. The Morgan fingerprint density at radius 3 is 2.34 bits per heavy atom. The topological polar surface area (TPSA) is 201 Å². The maximum Gasteiger partial charge on any atom is 0.235 e. The molecule has 3 unspecified atom stereocenters. The number of likely N-dealkylation sites (N-methyl/N-ethyl adjacent to an activating group) is 1. The molecule has 2 saturated carbocycles. The van der Waals surface area contributed by atoms with Gasteiger partial charge in [-0.3, -0.25) is 33.6 Å². The molecule has 0 aromatic heterocycles. The Morgan fingerprint density at radius 2 is 1.80 bits per heavy atom. The normalized spacial score (nSPS) is 32.7. The number of carbonyl (C=O) groups is 5. The Balaban J connectivity index is 1.88. The van der Waals surface area contributed by atoms with Crippen molar-refractivity contribution < 1.29 is 42.6 Å².